The van der Waals surface area contributed by atoms with Crippen molar-refractivity contribution >= 4 is 11.9 Å². The van der Waals surface area contributed by atoms with Crippen LogP contribution in [0.1, 0.15) is 59.8 Å². The van der Waals surface area contributed by atoms with Crippen LogP contribution in [0, 0.1) is 5.41 Å². The van der Waals surface area contributed by atoms with Crippen LogP contribution in [0.25, 0.3) is 0 Å². The molecule has 0 aromatic rings. The van der Waals surface area contributed by atoms with Gasteiger partial charge in [0.2, 0.25) is 0 Å². The molecule has 0 saturated carbocycles. The van der Waals surface area contributed by atoms with E-state index in [1.54, 1.807) is 14.2 Å². The van der Waals surface area contributed by atoms with Gasteiger partial charge < -0.3 is 20.1 Å². The zero-order valence-electron chi connectivity index (χ0n) is 16.4. The lowest BCUT2D eigenvalue weighted by Crippen LogP contribution is -2.45. The van der Waals surface area contributed by atoms with Crippen LogP contribution in [0.4, 0.5) is 0 Å². The van der Waals surface area contributed by atoms with Gasteiger partial charge in [0.15, 0.2) is 5.96 Å². The van der Waals surface area contributed by atoms with Crippen molar-refractivity contribution in [3.63, 3.8) is 0 Å². The molecule has 0 aliphatic rings. The topological polar surface area (TPSA) is 72.0 Å². The molecule has 0 fully saturated rings. The summed E-state index contributed by atoms with van der Waals surface area (Å²) in [6.45, 7) is 10.4. The first-order valence-electron chi connectivity index (χ1n) is 8.98. The number of aliphatic imine (C=N–C) groups is 1. The molecule has 0 aromatic heterocycles. The molecule has 0 rings (SSSR count). The Morgan fingerprint density at radius 3 is 2.33 bits per heavy atom. The number of ether oxygens (including phenoxy) is 2. The van der Waals surface area contributed by atoms with Crippen molar-refractivity contribution in [3.8, 4) is 0 Å². The Kier molecular flexibility index (Phi) is 12.3. The molecule has 0 aliphatic carbocycles. The first-order valence-corrected chi connectivity index (χ1v) is 8.98. The third kappa shape index (κ3) is 11.3. The van der Waals surface area contributed by atoms with Gasteiger partial charge in [0.1, 0.15) is 0 Å². The third-order valence-electron chi connectivity index (χ3n) is 3.83. The molecule has 0 saturated heterocycles. The summed E-state index contributed by atoms with van der Waals surface area (Å²) in [5, 5.41) is 6.62. The maximum absolute atomic E-state index is 11.2. The Labute approximate surface area is 147 Å². The van der Waals surface area contributed by atoms with Gasteiger partial charge in [-0.05, 0) is 25.2 Å². The Morgan fingerprint density at radius 1 is 1.12 bits per heavy atom. The van der Waals surface area contributed by atoms with Crippen molar-refractivity contribution in [3.05, 3.63) is 0 Å². The van der Waals surface area contributed by atoms with Gasteiger partial charge >= 0.3 is 5.97 Å². The lowest BCUT2D eigenvalue weighted by Gasteiger charge is -2.30. The molecule has 0 bridgehead atoms. The van der Waals surface area contributed by atoms with E-state index in [1.807, 2.05) is 6.92 Å². The fourth-order valence-corrected chi connectivity index (χ4v) is 2.34. The molecule has 1 unspecified atom stereocenters. The van der Waals surface area contributed by atoms with Gasteiger partial charge in [-0.15, -0.1) is 0 Å². The molecule has 24 heavy (non-hydrogen) atoms. The number of methoxy groups -OCH3 is 1. The normalized spacial score (nSPS) is 13.5. The van der Waals surface area contributed by atoms with Crippen molar-refractivity contribution in [1.29, 1.82) is 0 Å². The van der Waals surface area contributed by atoms with E-state index < -0.39 is 0 Å². The average molecular weight is 344 g/mol. The number of esters is 1. The van der Waals surface area contributed by atoms with E-state index in [0.29, 0.717) is 13.0 Å². The summed E-state index contributed by atoms with van der Waals surface area (Å²) in [5.74, 6) is 0.708. The van der Waals surface area contributed by atoms with E-state index in [4.69, 9.17) is 9.47 Å². The summed E-state index contributed by atoms with van der Waals surface area (Å²) < 4.78 is 10.4. The number of guanidine groups is 1. The number of hydrogen-bond acceptors (Lipinski definition) is 4. The van der Waals surface area contributed by atoms with E-state index in [9.17, 15) is 4.79 Å². The van der Waals surface area contributed by atoms with Crippen molar-refractivity contribution in [2.24, 2.45) is 10.4 Å². The van der Waals surface area contributed by atoms with Gasteiger partial charge in [0, 0.05) is 33.7 Å². The monoisotopic (exact) mass is 343 g/mol. The maximum atomic E-state index is 11.2. The van der Waals surface area contributed by atoms with Crippen LogP contribution in [0.15, 0.2) is 4.99 Å². The molecule has 0 amide bonds. The number of nitrogens with zero attached hydrogens (tertiary/aromatic N) is 1. The highest BCUT2D eigenvalue weighted by molar-refractivity contribution is 5.79. The van der Waals surface area contributed by atoms with Crippen LogP contribution < -0.4 is 10.6 Å². The average Bonchev–Trinajstić information content (AvgIpc) is 2.51. The number of unbranched alkanes of at least 4 members (excludes halogenated alkanes) is 3. The lowest BCUT2D eigenvalue weighted by molar-refractivity contribution is -0.143. The van der Waals surface area contributed by atoms with Crippen LogP contribution in [0.3, 0.4) is 0 Å². The van der Waals surface area contributed by atoms with Crippen molar-refractivity contribution in [1.82, 2.24) is 10.6 Å². The number of carbonyl (C=O) groups is 1. The Hall–Kier alpha value is -1.30. The minimum Gasteiger partial charge on any atom is -0.466 e. The van der Waals surface area contributed by atoms with E-state index >= 15 is 0 Å². The van der Waals surface area contributed by atoms with E-state index in [2.05, 4.69) is 36.4 Å². The number of carbonyl (C=O) groups excluding carboxylic acids is 1. The molecule has 6 heteroatoms. The van der Waals surface area contributed by atoms with E-state index in [0.717, 1.165) is 44.7 Å². The molecule has 0 aromatic carbocycles. The standard InChI is InChI=1S/C18H37N3O3/c1-7-24-16(22)12-10-8-9-11-13-20-17(19-5)21-14-15(23-6)18(2,3)4/h15H,7-14H2,1-6H3,(H2,19,20,21). The third-order valence-corrected chi connectivity index (χ3v) is 3.83. The largest absolute Gasteiger partial charge is 0.466 e. The summed E-state index contributed by atoms with van der Waals surface area (Å²) in [4.78, 5) is 15.4. The van der Waals surface area contributed by atoms with Crippen LogP contribution >= 0.6 is 0 Å². The Bertz CT molecular complexity index is 365. The van der Waals surface area contributed by atoms with Crippen molar-refractivity contribution < 1.29 is 14.3 Å². The molecule has 142 valence electrons. The molecule has 6 nitrogen and oxygen atoms in total. The minimum absolute atomic E-state index is 0.0829. The van der Waals surface area contributed by atoms with Gasteiger partial charge in [-0.3, -0.25) is 9.79 Å². The zero-order chi connectivity index (χ0) is 18.4. The van der Waals surface area contributed by atoms with Crippen LogP contribution in [0.5, 0.6) is 0 Å². The van der Waals surface area contributed by atoms with Crippen molar-refractivity contribution in [2.45, 2.75) is 65.9 Å². The predicted octanol–water partition coefficient (Wildman–Crippen LogP) is 2.73. The first kappa shape index (κ1) is 22.7. The van der Waals surface area contributed by atoms with Crippen molar-refractivity contribution in [2.75, 3.05) is 33.9 Å². The molecule has 2 N–H and O–H groups in total. The van der Waals surface area contributed by atoms with Gasteiger partial charge in [-0.2, -0.15) is 0 Å². The second kappa shape index (κ2) is 13.0. The van der Waals surface area contributed by atoms with E-state index in [1.165, 1.54) is 0 Å². The summed E-state index contributed by atoms with van der Waals surface area (Å²) in [6.07, 6.45) is 4.73. The molecular formula is C18H37N3O3. The zero-order valence-corrected chi connectivity index (χ0v) is 16.4. The fraction of sp³-hybridized carbons (Fsp3) is 0.889. The summed E-state index contributed by atoms with van der Waals surface area (Å²) in [7, 11) is 3.51. The first-order chi connectivity index (χ1) is 11.3. The highest BCUT2D eigenvalue weighted by atomic mass is 16.5. The molecule has 0 aliphatic heterocycles. The van der Waals surface area contributed by atoms with Gasteiger partial charge in [-0.25, -0.2) is 0 Å². The van der Waals surface area contributed by atoms with Gasteiger partial charge in [0.05, 0.1) is 12.7 Å². The lowest BCUT2D eigenvalue weighted by atomic mass is 9.89. The van der Waals surface area contributed by atoms with Gasteiger partial charge in [-0.1, -0.05) is 33.6 Å². The smallest absolute Gasteiger partial charge is 0.305 e. The van der Waals surface area contributed by atoms with Crippen LogP contribution in [-0.2, 0) is 14.3 Å². The summed E-state index contributed by atoms with van der Waals surface area (Å²) in [5.41, 5.74) is 0.0829. The van der Waals surface area contributed by atoms with Gasteiger partial charge in [0.25, 0.3) is 0 Å². The molecular weight excluding hydrogens is 306 g/mol. The second-order valence-electron chi connectivity index (χ2n) is 6.94. The molecule has 1 atom stereocenters. The highest BCUT2D eigenvalue weighted by Gasteiger charge is 2.24. The molecule has 0 spiro atoms. The maximum Gasteiger partial charge on any atom is 0.305 e. The number of rotatable bonds is 11. The molecule has 0 radical (unpaired) electrons. The SMILES string of the molecule is CCOC(=O)CCCCCCNC(=NC)NCC(OC)C(C)(C)C. The summed E-state index contributed by atoms with van der Waals surface area (Å²) in [6, 6.07) is 0. The molecule has 0 heterocycles. The number of hydrogen-bond donors (Lipinski definition) is 2. The number of nitrogens with one attached hydrogen (secondary N) is 2. The van der Waals surface area contributed by atoms with E-state index in [-0.39, 0.29) is 17.5 Å². The minimum atomic E-state index is -0.0910. The van der Waals surface area contributed by atoms with Crippen LogP contribution in [0.2, 0.25) is 0 Å². The van der Waals surface area contributed by atoms with Crippen LogP contribution in [-0.4, -0.2) is 51.9 Å². The Morgan fingerprint density at radius 2 is 1.79 bits per heavy atom. The fourth-order valence-electron chi connectivity index (χ4n) is 2.34. The Balaban J connectivity index is 3.79. The highest BCUT2D eigenvalue weighted by Crippen LogP contribution is 2.20. The summed E-state index contributed by atoms with van der Waals surface area (Å²) >= 11 is 0. The predicted molar refractivity (Wildman–Crippen MR) is 99.3 cm³/mol. The quantitative estimate of drug-likeness (QED) is 0.261. The second-order valence-corrected chi connectivity index (χ2v) is 6.94.